The average Bonchev–Trinajstić information content (AvgIpc) is 2.28. The van der Waals surface area contributed by atoms with Crippen LogP contribution in [-0.4, -0.2) is 10.8 Å². The number of allylic oxidation sites excluding steroid dienone is 2. The van der Waals surface area contributed by atoms with Gasteiger partial charge in [0.1, 0.15) is 0 Å². The maximum absolute atomic E-state index is 12.4. The Bertz CT molecular complexity index is 434. The molecule has 0 saturated carbocycles. The summed E-state index contributed by atoms with van der Waals surface area (Å²) in [7, 11) is 0. The first kappa shape index (κ1) is 12.0. The second-order valence-electron chi connectivity index (χ2n) is 4.70. The molecule has 2 rings (SSSR count). The number of rotatable bonds is 2. The quantitative estimate of drug-likeness (QED) is 0.721. The fraction of sp³-hybridized carbons (Fsp3) is 0.467. The lowest BCUT2D eigenvalue weighted by Gasteiger charge is -2.11. The summed E-state index contributed by atoms with van der Waals surface area (Å²) in [5.41, 5.74) is 2.77. The van der Waals surface area contributed by atoms with Crippen molar-refractivity contribution in [1.29, 1.82) is 0 Å². The van der Waals surface area contributed by atoms with Gasteiger partial charge in [-0.25, -0.2) is 0 Å². The molecule has 1 aromatic rings. The molecule has 0 saturated heterocycles. The zero-order chi connectivity index (χ0) is 12.1. The third kappa shape index (κ3) is 3.02. The highest BCUT2D eigenvalue weighted by Gasteiger charge is 2.15. The molecule has 0 bridgehead atoms. The summed E-state index contributed by atoms with van der Waals surface area (Å²) in [5, 5.41) is 0. The Hall–Kier alpha value is -1.44. The van der Waals surface area contributed by atoms with Gasteiger partial charge in [0, 0.05) is 18.0 Å². The summed E-state index contributed by atoms with van der Waals surface area (Å²) in [6.45, 7) is 1.97. The molecule has 90 valence electrons. The van der Waals surface area contributed by atoms with Crippen molar-refractivity contribution in [3.63, 3.8) is 0 Å². The molecule has 0 aliphatic heterocycles. The molecule has 0 spiro atoms. The second kappa shape index (κ2) is 5.76. The third-order valence-electron chi connectivity index (χ3n) is 3.37. The van der Waals surface area contributed by atoms with E-state index in [1.54, 1.807) is 12.4 Å². The van der Waals surface area contributed by atoms with Crippen LogP contribution < -0.4 is 0 Å². The van der Waals surface area contributed by atoms with Gasteiger partial charge in [-0.3, -0.25) is 9.78 Å². The first-order chi connectivity index (χ1) is 8.29. The molecule has 17 heavy (non-hydrogen) atoms. The van der Waals surface area contributed by atoms with E-state index in [0.717, 1.165) is 36.0 Å². The molecule has 0 unspecified atom stereocenters. The van der Waals surface area contributed by atoms with Crippen LogP contribution in [0.5, 0.6) is 0 Å². The van der Waals surface area contributed by atoms with Crippen LogP contribution in [0.15, 0.2) is 30.1 Å². The number of nitrogens with zero attached hydrogens (tertiary/aromatic N) is 1. The van der Waals surface area contributed by atoms with Crippen molar-refractivity contribution in [3.05, 3.63) is 41.2 Å². The van der Waals surface area contributed by atoms with Crippen molar-refractivity contribution < 1.29 is 4.79 Å². The molecule has 2 nitrogen and oxygen atoms in total. The third-order valence-corrected chi connectivity index (χ3v) is 3.37. The average molecular weight is 229 g/mol. The predicted molar refractivity (Wildman–Crippen MR) is 69.1 cm³/mol. The maximum Gasteiger partial charge on any atom is 0.190 e. The minimum Gasteiger partial charge on any atom is -0.289 e. The SMILES string of the molecule is Cc1ccncc1C(=O)/C1=C/CCCCCC1. The Morgan fingerprint density at radius 3 is 2.88 bits per heavy atom. The van der Waals surface area contributed by atoms with Gasteiger partial charge in [0.05, 0.1) is 0 Å². The van der Waals surface area contributed by atoms with Gasteiger partial charge < -0.3 is 0 Å². The standard InChI is InChI=1S/C15H19NO/c1-12-9-10-16-11-14(12)15(17)13-7-5-3-2-4-6-8-13/h7,9-11H,2-6,8H2,1H3/b13-7+. The van der Waals surface area contributed by atoms with Crippen LogP contribution in [0.4, 0.5) is 0 Å². The number of carbonyl (C=O) groups excluding carboxylic acids is 1. The van der Waals surface area contributed by atoms with Crippen molar-refractivity contribution in [1.82, 2.24) is 4.98 Å². The van der Waals surface area contributed by atoms with Crippen molar-refractivity contribution in [2.24, 2.45) is 0 Å². The van der Waals surface area contributed by atoms with Crippen LogP contribution in [0.3, 0.4) is 0 Å². The number of pyridine rings is 1. The van der Waals surface area contributed by atoms with E-state index in [9.17, 15) is 4.79 Å². The van der Waals surface area contributed by atoms with E-state index < -0.39 is 0 Å². The van der Waals surface area contributed by atoms with Gasteiger partial charge in [-0.15, -0.1) is 0 Å². The van der Waals surface area contributed by atoms with Crippen LogP contribution >= 0.6 is 0 Å². The van der Waals surface area contributed by atoms with E-state index in [0.29, 0.717) is 0 Å². The van der Waals surface area contributed by atoms with Gasteiger partial charge in [0.25, 0.3) is 0 Å². The second-order valence-corrected chi connectivity index (χ2v) is 4.70. The number of hydrogen-bond acceptors (Lipinski definition) is 2. The summed E-state index contributed by atoms with van der Waals surface area (Å²) >= 11 is 0. The van der Waals surface area contributed by atoms with Crippen LogP contribution in [0.2, 0.25) is 0 Å². The number of aryl methyl sites for hydroxylation is 1. The molecule has 1 heterocycles. The number of carbonyl (C=O) groups is 1. The number of hydrogen-bond donors (Lipinski definition) is 0. The molecular weight excluding hydrogens is 210 g/mol. The van der Waals surface area contributed by atoms with E-state index in [-0.39, 0.29) is 5.78 Å². The van der Waals surface area contributed by atoms with Gasteiger partial charge >= 0.3 is 0 Å². The highest BCUT2D eigenvalue weighted by Crippen LogP contribution is 2.21. The van der Waals surface area contributed by atoms with Crippen LogP contribution in [0.25, 0.3) is 0 Å². The first-order valence-electron chi connectivity index (χ1n) is 6.43. The largest absolute Gasteiger partial charge is 0.289 e. The monoisotopic (exact) mass is 229 g/mol. The molecule has 0 aromatic carbocycles. The minimum atomic E-state index is 0.178. The van der Waals surface area contributed by atoms with Crippen LogP contribution in [0.1, 0.15) is 54.4 Å². The Morgan fingerprint density at radius 2 is 2.06 bits per heavy atom. The van der Waals surface area contributed by atoms with E-state index in [1.165, 1.54) is 19.3 Å². The zero-order valence-electron chi connectivity index (χ0n) is 10.4. The lowest BCUT2D eigenvalue weighted by atomic mass is 9.93. The van der Waals surface area contributed by atoms with Crippen molar-refractivity contribution in [3.8, 4) is 0 Å². The Labute approximate surface area is 103 Å². The molecule has 0 atom stereocenters. The summed E-state index contributed by atoms with van der Waals surface area (Å²) in [4.78, 5) is 16.4. The summed E-state index contributed by atoms with van der Waals surface area (Å²) in [5.74, 6) is 0.178. The molecule has 0 N–H and O–H groups in total. The topological polar surface area (TPSA) is 30.0 Å². The lowest BCUT2D eigenvalue weighted by Crippen LogP contribution is -2.07. The summed E-state index contributed by atoms with van der Waals surface area (Å²) < 4.78 is 0. The van der Waals surface area contributed by atoms with E-state index in [1.807, 2.05) is 13.0 Å². The predicted octanol–water partition coefficient (Wildman–Crippen LogP) is 3.85. The number of Topliss-reactive ketones (excluding diaryl/α,β-unsaturated/α-hetero) is 1. The Kier molecular flexibility index (Phi) is 4.08. The Balaban J connectivity index is 2.21. The van der Waals surface area contributed by atoms with Gasteiger partial charge in [-0.05, 0) is 49.8 Å². The van der Waals surface area contributed by atoms with Gasteiger partial charge in [0.2, 0.25) is 0 Å². The number of ketones is 1. The normalized spacial score (nSPS) is 19.9. The van der Waals surface area contributed by atoms with Crippen LogP contribution in [0, 0.1) is 6.92 Å². The molecule has 2 heteroatoms. The van der Waals surface area contributed by atoms with Crippen molar-refractivity contribution in [2.75, 3.05) is 0 Å². The lowest BCUT2D eigenvalue weighted by molar-refractivity contribution is 0.102. The summed E-state index contributed by atoms with van der Waals surface area (Å²) in [6, 6.07) is 1.90. The number of aromatic nitrogens is 1. The molecule has 1 aromatic heterocycles. The maximum atomic E-state index is 12.4. The van der Waals surface area contributed by atoms with E-state index in [2.05, 4.69) is 11.1 Å². The van der Waals surface area contributed by atoms with Crippen molar-refractivity contribution >= 4 is 5.78 Å². The molecule has 1 aliphatic carbocycles. The molecule has 0 amide bonds. The molecular formula is C15H19NO. The molecule has 0 fully saturated rings. The van der Waals surface area contributed by atoms with E-state index >= 15 is 0 Å². The van der Waals surface area contributed by atoms with Gasteiger partial charge in [-0.1, -0.05) is 18.9 Å². The summed E-state index contributed by atoms with van der Waals surface area (Å²) in [6.07, 6.45) is 12.4. The Morgan fingerprint density at radius 1 is 1.24 bits per heavy atom. The van der Waals surface area contributed by atoms with E-state index in [4.69, 9.17) is 0 Å². The molecule has 0 radical (unpaired) electrons. The van der Waals surface area contributed by atoms with Crippen LogP contribution in [-0.2, 0) is 0 Å². The molecule has 1 aliphatic rings. The zero-order valence-corrected chi connectivity index (χ0v) is 10.4. The smallest absolute Gasteiger partial charge is 0.190 e. The fourth-order valence-corrected chi connectivity index (χ4v) is 2.27. The van der Waals surface area contributed by atoms with Crippen molar-refractivity contribution in [2.45, 2.75) is 45.4 Å². The van der Waals surface area contributed by atoms with Gasteiger partial charge in [-0.2, -0.15) is 0 Å². The van der Waals surface area contributed by atoms with Gasteiger partial charge in [0.15, 0.2) is 5.78 Å². The fourth-order valence-electron chi connectivity index (χ4n) is 2.27. The highest BCUT2D eigenvalue weighted by molar-refractivity contribution is 6.09. The minimum absolute atomic E-state index is 0.178. The highest BCUT2D eigenvalue weighted by atomic mass is 16.1. The first-order valence-corrected chi connectivity index (χ1v) is 6.43.